The lowest BCUT2D eigenvalue weighted by molar-refractivity contribution is -0.00550. The van der Waals surface area contributed by atoms with Crippen LogP contribution in [-0.2, 0) is 11.3 Å². The zero-order valence-corrected chi connectivity index (χ0v) is 16.2. The summed E-state index contributed by atoms with van der Waals surface area (Å²) in [5.41, 5.74) is 0.635. The molecule has 1 aromatic carbocycles. The third-order valence-electron chi connectivity index (χ3n) is 5.28. The van der Waals surface area contributed by atoms with E-state index < -0.39 is 11.7 Å². The van der Waals surface area contributed by atoms with E-state index in [1.807, 2.05) is 25.8 Å². The smallest absolute Gasteiger partial charge is 0.274 e. The Morgan fingerprint density at radius 1 is 1.32 bits per heavy atom. The first-order chi connectivity index (χ1) is 13.4. The number of morpholine rings is 1. The molecular weight excluding hydrogens is 367 g/mol. The van der Waals surface area contributed by atoms with Gasteiger partial charge in [0.05, 0.1) is 35.9 Å². The number of hydrogen-bond donors (Lipinski definition) is 2. The quantitative estimate of drug-likeness (QED) is 0.806. The van der Waals surface area contributed by atoms with Gasteiger partial charge in [-0.15, -0.1) is 0 Å². The minimum absolute atomic E-state index is 0.0356. The van der Waals surface area contributed by atoms with Gasteiger partial charge in [-0.3, -0.25) is 4.79 Å². The molecule has 0 aliphatic carbocycles. The zero-order chi connectivity index (χ0) is 20.0. The normalized spacial score (nSPS) is 23.8. The minimum atomic E-state index is -0.613. The summed E-state index contributed by atoms with van der Waals surface area (Å²) in [6, 6.07) is 1.64. The Balaban J connectivity index is 1.69. The van der Waals surface area contributed by atoms with Crippen LogP contribution in [0, 0.1) is 5.82 Å². The lowest BCUT2D eigenvalue weighted by Crippen LogP contribution is -2.57. The van der Waals surface area contributed by atoms with Gasteiger partial charge in [0, 0.05) is 31.7 Å². The van der Waals surface area contributed by atoms with E-state index in [0.717, 1.165) is 13.1 Å². The van der Waals surface area contributed by atoms with Crippen molar-refractivity contribution < 1.29 is 23.6 Å². The van der Waals surface area contributed by atoms with E-state index in [-0.39, 0.29) is 47.2 Å². The summed E-state index contributed by atoms with van der Waals surface area (Å²) in [7, 11) is 1.96. The molecule has 1 amide bonds. The Labute approximate surface area is 162 Å². The highest BCUT2D eigenvalue weighted by molar-refractivity contribution is 6.05. The molecule has 2 saturated heterocycles. The largest absolute Gasteiger partial charge is 0.392 e. The van der Waals surface area contributed by atoms with E-state index in [2.05, 4.69) is 15.4 Å². The van der Waals surface area contributed by atoms with Gasteiger partial charge in [0.2, 0.25) is 5.58 Å². The fourth-order valence-electron chi connectivity index (χ4n) is 4.11. The molecule has 28 heavy (non-hydrogen) atoms. The van der Waals surface area contributed by atoms with Crippen molar-refractivity contribution in [3.8, 4) is 0 Å². The number of aliphatic hydroxyl groups is 1. The number of aliphatic hydroxyl groups excluding tert-OH is 1. The average Bonchev–Trinajstić information content (AvgIpc) is 3.03. The predicted molar refractivity (Wildman–Crippen MR) is 101 cm³/mol. The Morgan fingerprint density at radius 2 is 2.00 bits per heavy atom. The van der Waals surface area contributed by atoms with Crippen LogP contribution in [0.2, 0.25) is 0 Å². The average molecular weight is 392 g/mol. The van der Waals surface area contributed by atoms with Crippen LogP contribution in [0.5, 0.6) is 0 Å². The minimum Gasteiger partial charge on any atom is -0.392 e. The van der Waals surface area contributed by atoms with Gasteiger partial charge in [-0.2, -0.15) is 0 Å². The number of amides is 1. The number of carbonyl (C=O) groups excluding carboxylic acids is 1. The number of anilines is 1. The number of fused-ring (bicyclic) bond motifs is 1. The van der Waals surface area contributed by atoms with Gasteiger partial charge in [0.1, 0.15) is 0 Å². The standard InChI is InChI=1S/C19H25FN4O4/c1-10-5-24(6-11(2)27-10)17-12(9-25)4-14-16(22-28-18(14)15(17)20)19(26)21-13-7-23(3)8-13/h4,10-11,13,25H,5-9H2,1-3H3,(H,21,26). The first-order valence-electron chi connectivity index (χ1n) is 9.48. The summed E-state index contributed by atoms with van der Waals surface area (Å²) in [5.74, 6) is -1.01. The maximum Gasteiger partial charge on any atom is 0.274 e. The summed E-state index contributed by atoms with van der Waals surface area (Å²) in [4.78, 5) is 16.5. The lowest BCUT2D eigenvalue weighted by Gasteiger charge is -2.37. The van der Waals surface area contributed by atoms with Crippen LogP contribution in [-0.4, -0.2) is 72.5 Å². The summed E-state index contributed by atoms with van der Waals surface area (Å²) < 4.78 is 26.3. The molecule has 1 aromatic heterocycles. The predicted octanol–water partition coefficient (Wildman–Crippen LogP) is 1.12. The van der Waals surface area contributed by atoms with E-state index in [0.29, 0.717) is 18.7 Å². The summed E-state index contributed by atoms with van der Waals surface area (Å²) in [6.07, 6.45) is -0.135. The van der Waals surface area contributed by atoms with E-state index >= 15 is 4.39 Å². The number of hydrogen-bond acceptors (Lipinski definition) is 7. The summed E-state index contributed by atoms with van der Waals surface area (Å²) >= 11 is 0. The first kappa shape index (κ1) is 19.1. The van der Waals surface area contributed by atoms with Crippen LogP contribution in [0.4, 0.5) is 10.1 Å². The van der Waals surface area contributed by atoms with E-state index in [9.17, 15) is 9.90 Å². The van der Waals surface area contributed by atoms with Gasteiger partial charge in [0.15, 0.2) is 11.5 Å². The van der Waals surface area contributed by atoms with Crippen LogP contribution in [0.1, 0.15) is 29.9 Å². The number of rotatable bonds is 4. The molecule has 4 rings (SSSR count). The van der Waals surface area contributed by atoms with Crippen LogP contribution >= 0.6 is 0 Å². The number of halogens is 1. The van der Waals surface area contributed by atoms with Crippen molar-refractivity contribution >= 4 is 22.6 Å². The number of carbonyl (C=O) groups is 1. The SMILES string of the molecule is CC1CN(c2c(CO)cc3c(C(=O)NC4CN(C)C4)noc3c2F)CC(C)O1. The highest BCUT2D eigenvalue weighted by atomic mass is 19.1. The molecule has 0 radical (unpaired) electrons. The molecule has 2 aromatic rings. The van der Waals surface area contributed by atoms with Gasteiger partial charge >= 0.3 is 0 Å². The Bertz CT molecular complexity index is 886. The monoisotopic (exact) mass is 392 g/mol. The number of nitrogens with zero attached hydrogens (tertiary/aromatic N) is 3. The molecule has 152 valence electrons. The Kier molecular flexibility index (Phi) is 4.98. The maximum absolute atomic E-state index is 15.4. The molecule has 2 aliphatic rings. The second kappa shape index (κ2) is 7.31. The van der Waals surface area contributed by atoms with Crippen molar-refractivity contribution in [2.75, 3.05) is 38.1 Å². The lowest BCUT2D eigenvalue weighted by atomic mass is 10.0. The molecule has 2 aliphatic heterocycles. The Morgan fingerprint density at radius 3 is 2.61 bits per heavy atom. The van der Waals surface area contributed by atoms with Crippen molar-refractivity contribution in [1.82, 2.24) is 15.4 Å². The van der Waals surface area contributed by atoms with Crippen LogP contribution in [0.25, 0.3) is 11.0 Å². The second-order valence-electron chi connectivity index (χ2n) is 7.82. The number of ether oxygens (including phenoxy) is 1. The second-order valence-corrected chi connectivity index (χ2v) is 7.82. The van der Waals surface area contributed by atoms with Crippen LogP contribution < -0.4 is 10.2 Å². The molecule has 8 nitrogen and oxygen atoms in total. The summed E-state index contributed by atoms with van der Waals surface area (Å²) in [5, 5.41) is 16.8. The van der Waals surface area contributed by atoms with Crippen molar-refractivity contribution in [3.63, 3.8) is 0 Å². The zero-order valence-electron chi connectivity index (χ0n) is 16.2. The van der Waals surface area contributed by atoms with Gasteiger partial charge in [-0.25, -0.2) is 4.39 Å². The van der Waals surface area contributed by atoms with Gasteiger partial charge in [0.25, 0.3) is 5.91 Å². The topological polar surface area (TPSA) is 91.1 Å². The van der Waals surface area contributed by atoms with Crippen LogP contribution in [0.3, 0.4) is 0 Å². The number of likely N-dealkylation sites (tertiary alicyclic amines) is 1. The van der Waals surface area contributed by atoms with E-state index in [1.165, 1.54) is 0 Å². The molecular formula is C19H25FN4O4. The molecule has 2 N–H and O–H groups in total. The van der Waals surface area contributed by atoms with Crippen molar-refractivity contribution in [3.05, 3.63) is 23.1 Å². The number of benzene rings is 1. The number of aromatic nitrogens is 1. The molecule has 0 saturated carbocycles. The van der Waals surface area contributed by atoms with E-state index in [1.54, 1.807) is 6.07 Å². The highest BCUT2D eigenvalue weighted by Crippen LogP contribution is 2.35. The van der Waals surface area contributed by atoms with Gasteiger partial charge in [-0.05, 0) is 27.0 Å². The van der Waals surface area contributed by atoms with Crippen molar-refractivity contribution in [1.29, 1.82) is 0 Å². The number of likely N-dealkylation sites (N-methyl/N-ethyl adjacent to an activating group) is 1. The highest BCUT2D eigenvalue weighted by Gasteiger charge is 2.31. The third kappa shape index (κ3) is 3.34. The molecule has 2 unspecified atom stereocenters. The van der Waals surface area contributed by atoms with E-state index in [4.69, 9.17) is 9.26 Å². The molecule has 0 bridgehead atoms. The maximum atomic E-state index is 15.4. The van der Waals surface area contributed by atoms with Crippen molar-refractivity contribution in [2.24, 2.45) is 0 Å². The Hall–Kier alpha value is -2.23. The molecule has 2 fully saturated rings. The van der Waals surface area contributed by atoms with Gasteiger partial charge in [-0.1, -0.05) is 5.16 Å². The first-order valence-corrected chi connectivity index (χ1v) is 9.48. The molecule has 3 heterocycles. The third-order valence-corrected chi connectivity index (χ3v) is 5.28. The molecule has 0 spiro atoms. The fraction of sp³-hybridized carbons (Fsp3) is 0.579. The van der Waals surface area contributed by atoms with Crippen LogP contribution in [0.15, 0.2) is 10.6 Å². The molecule has 2 atom stereocenters. The fourth-order valence-corrected chi connectivity index (χ4v) is 4.11. The summed E-state index contributed by atoms with van der Waals surface area (Å²) in [6.45, 7) is 6.00. The molecule has 9 heteroatoms. The van der Waals surface area contributed by atoms with Crippen molar-refractivity contribution in [2.45, 2.75) is 38.7 Å². The number of nitrogens with one attached hydrogen (secondary N) is 1. The van der Waals surface area contributed by atoms with Gasteiger partial charge < -0.3 is 29.5 Å².